The number of anilines is 3. The Kier molecular flexibility index (Phi) is 8.69. The third-order valence-electron chi connectivity index (χ3n) is 13.7. The summed E-state index contributed by atoms with van der Waals surface area (Å²) in [4.78, 5) is 2.57. The van der Waals surface area contributed by atoms with Crippen LogP contribution in [0.5, 0.6) is 0 Å². The molecule has 0 spiro atoms. The molecule has 65 heavy (non-hydrogen) atoms. The second-order valence-corrected chi connectivity index (χ2v) is 18.2. The first-order chi connectivity index (χ1) is 32.2. The van der Waals surface area contributed by atoms with Crippen molar-refractivity contribution < 1.29 is 0 Å². The Hall–Kier alpha value is -8.04. The lowest BCUT2D eigenvalue weighted by atomic mass is 9.68. The topological polar surface area (TPSA) is 3.24 Å². The normalized spacial score (nSPS) is 12.7. The van der Waals surface area contributed by atoms with Gasteiger partial charge in [-0.3, -0.25) is 0 Å². The van der Waals surface area contributed by atoms with Crippen LogP contribution in [0.3, 0.4) is 0 Å². The quantitative estimate of drug-likeness (QED) is 0.154. The van der Waals surface area contributed by atoms with Gasteiger partial charge in [-0.15, -0.1) is 11.3 Å². The zero-order chi connectivity index (χ0) is 42.9. The predicted molar refractivity (Wildman–Crippen MR) is 277 cm³/mol. The molecule has 2 heteroatoms. The summed E-state index contributed by atoms with van der Waals surface area (Å²) in [6.07, 6.45) is 0. The highest BCUT2D eigenvalue weighted by Gasteiger charge is 2.47. The average Bonchev–Trinajstić information content (AvgIpc) is 3.90. The van der Waals surface area contributed by atoms with Crippen molar-refractivity contribution in [3.63, 3.8) is 0 Å². The molecule has 0 amide bonds. The Morgan fingerprint density at radius 3 is 1.60 bits per heavy atom. The second-order valence-electron chi connectivity index (χ2n) is 17.2. The maximum absolute atomic E-state index is 2.57. The van der Waals surface area contributed by atoms with E-state index in [4.69, 9.17) is 0 Å². The van der Waals surface area contributed by atoms with Crippen LogP contribution in [-0.2, 0) is 5.41 Å². The van der Waals surface area contributed by atoms with Gasteiger partial charge in [0.25, 0.3) is 0 Å². The number of benzene rings is 11. The highest BCUT2D eigenvalue weighted by molar-refractivity contribution is 7.25. The third kappa shape index (κ3) is 5.85. The standard InChI is InChI=1S/C63H41NS/c1-3-21-48(22-4-1)63(49-23-5-2-6-24-49)55-28-13-11-26-54(55)62-56(63)29-16-31-58(62)64(50-37-38-53-52-25-12-14-32-59(52)65-60(53)41-50)57-30-15-27-51(46-35-33-42-17-7-9-19-44(42)39-46)61(57)47-36-34-43-18-8-10-20-45(43)40-47/h1-41H. The highest BCUT2D eigenvalue weighted by atomic mass is 32.1. The zero-order valence-electron chi connectivity index (χ0n) is 35.5. The molecule has 13 rings (SSSR count). The lowest BCUT2D eigenvalue weighted by Crippen LogP contribution is -2.28. The molecule has 0 saturated carbocycles. The van der Waals surface area contributed by atoms with Crippen LogP contribution < -0.4 is 4.90 Å². The highest BCUT2D eigenvalue weighted by Crippen LogP contribution is 2.60. The van der Waals surface area contributed by atoms with Gasteiger partial charge in [0.1, 0.15) is 0 Å². The minimum absolute atomic E-state index is 0.542. The fraction of sp³-hybridized carbons (Fsp3) is 0.0159. The molecular weight excluding hydrogens is 803 g/mol. The molecule has 1 aliphatic carbocycles. The molecule has 0 radical (unpaired) electrons. The lowest BCUT2D eigenvalue weighted by molar-refractivity contribution is 0.768. The van der Waals surface area contributed by atoms with E-state index >= 15 is 0 Å². The van der Waals surface area contributed by atoms with E-state index < -0.39 is 5.41 Å². The average molecular weight is 844 g/mol. The number of fused-ring (bicyclic) bond motifs is 8. The first-order valence-electron chi connectivity index (χ1n) is 22.4. The van der Waals surface area contributed by atoms with Crippen molar-refractivity contribution in [3.05, 3.63) is 271 Å². The van der Waals surface area contributed by atoms with E-state index in [1.807, 2.05) is 11.3 Å². The van der Waals surface area contributed by atoms with Crippen LogP contribution in [0.1, 0.15) is 22.3 Å². The molecule has 1 heterocycles. The van der Waals surface area contributed by atoms with Crippen molar-refractivity contribution in [2.75, 3.05) is 4.90 Å². The Morgan fingerprint density at radius 2 is 0.862 bits per heavy atom. The smallest absolute Gasteiger partial charge is 0.0714 e. The van der Waals surface area contributed by atoms with E-state index in [9.17, 15) is 0 Å². The van der Waals surface area contributed by atoms with Gasteiger partial charge in [0.05, 0.1) is 16.8 Å². The molecule has 0 N–H and O–H groups in total. The number of rotatable bonds is 7. The molecule has 304 valence electrons. The minimum atomic E-state index is -0.542. The van der Waals surface area contributed by atoms with Gasteiger partial charge in [-0.25, -0.2) is 0 Å². The van der Waals surface area contributed by atoms with Crippen molar-refractivity contribution >= 4 is 70.1 Å². The SMILES string of the molecule is c1ccc(C2(c3ccccc3)c3ccccc3-c3c(N(c4ccc5c(c4)sc4ccccc45)c4cccc(-c5ccc6ccccc6c5)c4-c4ccc5ccccc5c4)cccc32)cc1. The fourth-order valence-corrected chi connectivity index (χ4v) is 12.0. The van der Waals surface area contributed by atoms with Gasteiger partial charge >= 0.3 is 0 Å². The second kappa shape index (κ2) is 15.1. The predicted octanol–water partition coefficient (Wildman–Crippen LogP) is 17.5. The van der Waals surface area contributed by atoms with E-state index in [0.717, 1.165) is 17.1 Å². The van der Waals surface area contributed by atoms with Gasteiger partial charge in [0.2, 0.25) is 0 Å². The monoisotopic (exact) mass is 843 g/mol. The van der Waals surface area contributed by atoms with Gasteiger partial charge < -0.3 is 4.90 Å². The van der Waals surface area contributed by atoms with Crippen molar-refractivity contribution in [2.24, 2.45) is 0 Å². The van der Waals surface area contributed by atoms with E-state index in [1.54, 1.807) is 0 Å². The van der Waals surface area contributed by atoms with Gasteiger partial charge in [-0.2, -0.15) is 0 Å². The molecule has 1 aliphatic rings. The molecule has 0 aliphatic heterocycles. The van der Waals surface area contributed by atoms with E-state index in [2.05, 4.69) is 254 Å². The van der Waals surface area contributed by atoms with Crippen LogP contribution in [0.4, 0.5) is 17.1 Å². The van der Waals surface area contributed by atoms with Crippen molar-refractivity contribution in [2.45, 2.75) is 5.41 Å². The maximum Gasteiger partial charge on any atom is 0.0714 e. The Bertz CT molecular complexity index is 3750. The number of nitrogens with zero attached hydrogens (tertiary/aromatic N) is 1. The summed E-state index contributed by atoms with van der Waals surface area (Å²) in [5.74, 6) is 0. The molecular formula is C63H41NS. The Balaban J connectivity index is 1.15. The lowest BCUT2D eigenvalue weighted by Gasteiger charge is -2.35. The summed E-state index contributed by atoms with van der Waals surface area (Å²) < 4.78 is 2.56. The van der Waals surface area contributed by atoms with Crippen LogP contribution in [0.25, 0.3) is 75.1 Å². The summed E-state index contributed by atoms with van der Waals surface area (Å²) in [5, 5.41) is 7.48. The fourth-order valence-electron chi connectivity index (χ4n) is 10.9. The Morgan fingerprint density at radius 1 is 0.323 bits per heavy atom. The van der Waals surface area contributed by atoms with Gasteiger partial charge in [0, 0.05) is 37.0 Å². The summed E-state index contributed by atoms with van der Waals surface area (Å²) in [6.45, 7) is 0. The van der Waals surface area contributed by atoms with Crippen LogP contribution in [0.15, 0.2) is 249 Å². The molecule has 0 saturated heterocycles. The van der Waals surface area contributed by atoms with Gasteiger partial charge in [0.15, 0.2) is 0 Å². The molecule has 12 aromatic rings. The minimum Gasteiger partial charge on any atom is -0.309 e. The molecule has 11 aromatic carbocycles. The summed E-state index contributed by atoms with van der Waals surface area (Å²) >= 11 is 1.87. The van der Waals surface area contributed by atoms with Crippen molar-refractivity contribution in [1.29, 1.82) is 0 Å². The molecule has 0 bridgehead atoms. The van der Waals surface area contributed by atoms with Crippen LogP contribution in [-0.4, -0.2) is 0 Å². The first kappa shape index (κ1) is 37.5. The first-order valence-corrected chi connectivity index (χ1v) is 23.2. The van der Waals surface area contributed by atoms with Crippen molar-refractivity contribution in [3.8, 4) is 33.4 Å². The number of hydrogen-bond acceptors (Lipinski definition) is 2. The molecule has 0 atom stereocenters. The zero-order valence-corrected chi connectivity index (χ0v) is 36.3. The largest absolute Gasteiger partial charge is 0.309 e. The van der Waals surface area contributed by atoms with E-state index in [1.165, 1.54) is 97.4 Å². The van der Waals surface area contributed by atoms with Crippen LogP contribution in [0, 0.1) is 0 Å². The van der Waals surface area contributed by atoms with E-state index in [0.29, 0.717) is 0 Å². The van der Waals surface area contributed by atoms with E-state index in [-0.39, 0.29) is 0 Å². The summed E-state index contributed by atoms with van der Waals surface area (Å²) in [7, 11) is 0. The summed E-state index contributed by atoms with van der Waals surface area (Å²) in [5.41, 5.74) is 15.1. The maximum atomic E-state index is 2.57. The number of thiophene rings is 1. The van der Waals surface area contributed by atoms with Crippen LogP contribution in [0.2, 0.25) is 0 Å². The van der Waals surface area contributed by atoms with Crippen molar-refractivity contribution in [1.82, 2.24) is 0 Å². The third-order valence-corrected chi connectivity index (χ3v) is 14.8. The summed E-state index contributed by atoms with van der Waals surface area (Å²) in [6, 6.07) is 92.5. The molecule has 0 unspecified atom stereocenters. The molecule has 1 aromatic heterocycles. The van der Waals surface area contributed by atoms with Crippen LogP contribution >= 0.6 is 11.3 Å². The van der Waals surface area contributed by atoms with Gasteiger partial charge in [-0.05, 0) is 109 Å². The molecule has 1 nitrogen and oxygen atoms in total. The number of hydrogen-bond donors (Lipinski definition) is 0. The Labute approximate surface area is 382 Å². The molecule has 0 fully saturated rings. The van der Waals surface area contributed by atoms with Gasteiger partial charge in [-0.1, -0.05) is 206 Å².